The number of aromatic carboxylic acids is 1. The normalized spacial score (nSPS) is 36.8. The first-order valence-electron chi connectivity index (χ1n) is 26.8. The van der Waals surface area contributed by atoms with Crippen molar-refractivity contribution in [2.24, 2.45) is 23.7 Å². The molecule has 436 valence electrons. The molecule has 5 rings (SSSR count). The van der Waals surface area contributed by atoms with Crippen molar-refractivity contribution in [1.29, 1.82) is 0 Å². The van der Waals surface area contributed by atoms with Crippen LogP contribution in [0, 0.1) is 23.7 Å². The topological polar surface area (TPSA) is 264 Å². The number of aliphatic hydroxyl groups is 3. The molecule has 5 N–H and O–H groups in total. The number of likely N-dealkylation sites (N-methyl/N-ethyl adjacent to an activating group) is 1. The Balaban J connectivity index is 1.35. The van der Waals surface area contributed by atoms with E-state index in [0.717, 1.165) is 4.90 Å². The van der Waals surface area contributed by atoms with Crippen molar-refractivity contribution in [2.75, 3.05) is 66.3 Å². The number of ketones is 1. The molecule has 0 aliphatic carbocycles. The van der Waals surface area contributed by atoms with Gasteiger partial charge in [0.05, 0.1) is 54.0 Å². The summed E-state index contributed by atoms with van der Waals surface area (Å²) in [6.45, 7) is 17.8. The molecule has 22 heteroatoms. The molecule has 3 fully saturated rings. The minimum atomic E-state index is -2.03. The molecule has 1 aromatic carbocycles. The lowest BCUT2D eigenvalue weighted by atomic mass is 9.74. The number of carbonyl (C=O) groups is 4. The minimum absolute atomic E-state index is 0.0176. The van der Waals surface area contributed by atoms with E-state index >= 15 is 0 Å². The predicted octanol–water partition coefficient (Wildman–Crippen LogP) is 3.97. The van der Waals surface area contributed by atoms with Crippen molar-refractivity contribution in [3.8, 4) is 0 Å². The Morgan fingerprint density at radius 2 is 1.55 bits per heavy atom. The molecule has 1 aromatic heterocycles. The van der Waals surface area contributed by atoms with Crippen molar-refractivity contribution in [1.82, 2.24) is 14.9 Å². The zero-order chi connectivity index (χ0) is 57.6. The van der Waals surface area contributed by atoms with Crippen molar-refractivity contribution >= 4 is 46.4 Å². The fraction of sp³-hybridized carbons (Fsp3) is 0.764. The summed E-state index contributed by atoms with van der Waals surface area (Å²) in [4.78, 5) is 69.8. The minimum Gasteiger partial charge on any atom is -0.477 e. The Hall–Kier alpha value is -3.78. The fourth-order valence-electron chi connectivity index (χ4n) is 11.4. The number of rotatable bonds is 18. The molecule has 0 radical (unpaired) electrons. The van der Waals surface area contributed by atoms with Crippen LogP contribution in [0.3, 0.4) is 0 Å². The number of hydrogen-bond donors (Lipinski definition) is 5. The third kappa shape index (κ3) is 14.6. The number of esters is 2. The summed E-state index contributed by atoms with van der Waals surface area (Å²) < 4.78 is 52.9. The Morgan fingerprint density at radius 1 is 0.896 bits per heavy atom. The van der Waals surface area contributed by atoms with Crippen LogP contribution in [0.5, 0.6) is 0 Å². The van der Waals surface area contributed by atoms with Crippen molar-refractivity contribution in [3.05, 3.63) is 40.2 Å². The predicted molar refractivity (Wildman–Crippen MR) is 288 cm³/mol. The molecule has 0 amide bonds. The van der Waals surface area contributed by atoms with Crippen molar-refractivity contribution in [2.45, 2.75) is 190 Å². The van der Waals surface area contributed by atoms with Gasteiger partial charge in [-0.3, -0.25) is 23.9 Å². The van der Waals surface area contributed by atoms with Crippen LogP contribution in [0.25, 0.3) is 10.9 Å². The van der Waals surface area contributed by atoms with E-state index in [-0.39, 0.29) is 61.1 Å². The highest BCUT2D eigenvalue weighted by Crippen LogP contribution is 2.42. The van der Waals surface area contributed by atoms with Gasteiger partial charge in [0.1, 0.15) is 34.8 Å². The number of benzene rings is 1. The number of carboxylic acids is 1. The summed E-state index contributed by atoms with van der Waals surface area (Å²) in [7, 11) is 10.2. The van der Waals surface area contributed by atoms with Gasteiger partial charge in [-0.15, -0.1) is 11.8 Å². The number of thioether (sulfide) groups is 1. The monoisotopic (exact) mass is 1110 g/mol. The molecule has 3 saturated heterocycles. The van der Waals surface area contributed by atoms with Gasteiger partial charge in [-0.2, -0.15) is 0 Å². The maximum atomic E-state index is 14.6. The fourth-order valence-corrected chi connectivity index (χ4v) is 12.3. The number of Topliss-reactive ketones (excluding diaryl/α,β-unsaturated/α-hetero) is 1. The lowest BCUT2D eigenvalue weighted by Crippen LogP contribution is -2.61. The molecule has 0 bridgehead atoms. The number of carboxylic acid groups (broad SMARTS) is 1. The highest BCUT2D eigenvalue weighted by molar-refractivity contribution is 7.99. The maximum Gasteiger partial charge on any atom is 0.341 e. The third-order valence-corrected chi connectivity index (χ3v) is 17.2. The van der Waals surface area contributed by atoms with Gasteiger partial charge in [0, 0.05) is 93.9 Å². The Morgan fingerprint density at radius 3 is 2.14 bits per heavy atom. The van der Waals surface area contributed by atoms with Gasteiger partial charge in [0.2, 0.25) is 5.43 Å². The molecular weight excluding hydrogens is 1020 g/mol. The lowest BCUT2D eigenvalue weighted by molar-refractivity contribution is -0.320. The van der Waals surface area contributed by atoms with Crippen molar-refractivity contribution < 1.29 is 77.5 Å². The van der Waals surface area contributed by atoms with E-state index in [1.807, 2.05) is 38.9 Å². The van der Waals surface area contributed by atoms with E-state index in [1.165, 1.54) is 46.0 Å². The second kappa shape index (κ2) is 26.7. The molecule has 77 heavy (non-hydrogen) atoms. The van der Waals surface area contributed by atoms with Crippen LogP contribution in [-0.2, 0) is 52.3 Å². The highest BCUT2D eigenvalue weighted by atomic mass is 32.2. The van der Waals surface area contributed by atoms with Crippen LogP contribution < -0.4 is 15.8 Å². The molecule has 18 atom stereocenters. The number of nitrogens with one attached hydrogen (secondary N) is 1. The quantitative estimate of drug-likeness (QED) is 0.0803. The second-order valence-electron chi connectivity index (χ2n) is 22.5. The molecule has 0 unspecified atom stereocenters. The number of methoxy groups -OCH3 is 2. The average Bonchev–Trinajstić information content (AvgIpc) is 3.37. The molecule has 3 aliphatic heterocycles. The number of pyridine rings is 1. The number of nitrogens with zero attached hydrogens (tertiary/aromatic N) is 3. The van der Waals surface area contributed by atoms with Crippen LogP contribution >= 0.6 is 11.8 Å². The van der Waals surface area contributed by atoms with Crippen LogP contribution in [0.4, 0.5) is 0 Å². The number of fused-ring (bicyclic) bond motifs is 1. The number of aliphatic hydroxyl groups excluding tert-OH is 2. The molecular formula is C55H88N4O17S. The number of aromatic nitrogens is 1. The molecule has 0 spiro atoms. The van der Waals surface area contributed by atoms with Crippen LogP contribution in [0.1, 0.15) is 112 Å². The average molecular weight is 1110 g/mol. The van der Waals surface area contributed by atoms with E-state index in [0.29, 0.717) is 24.2 Å². The van der Waals surface area contributed by atoms with Gasteiger partial charge >= 0.3 is 17.9 Å². The van der Waals surface area contributed by atoms with E-state index in [4.69, 9.17) is 37.9 Å². The highest BCUT2D eigenvalue weighted by Gasteiger charge is 2.55. The maximum absolute atomic E-state index is 14.6. The number of ether oxygens (including phenoxy) is 8. The van der Waals surface area contributed by atoms with E-state index < -0.39 is 119 Å². The van der Waals surface area contributed by atoms with E-state index in [2.05, 4.69) is 5.32 Å². The van der Waals surface area contributed by atoms with Crippen molar-refractivity contribution in [3.63, 3.8) is 0 Å². The smallest absolute Gasteiger partial charge is 0.341 e. The molecule has 0 saturated carbocycles. The van der Waals surface area contributed by atoms with Gasteiger partial charge in [-0.05, 0) is 93.1 Å². The van der Waals surface area contributed by atoms with E-state index in [1.54, 1.807) is 77.5 Å². The Bertz CT molecular complexity index is 2410. The van der Waals surface area contributed by atoms with Gasteiger partial charge in [-0.25, -0.2) is 4.79 Å². The standard InChI is InChI=1S/C55H88N4O17S/c1-17-40-55(10,68)47(64)31(4)43(61)29(2)26-53(8,69-15)48(76-52-45(63)39(57(11)12)24-30(3)71-52)32(5)46(33(6)51(67)73-40)75-42-27-54(9,70-16)49(34(7)72-42)74-41(60)20-21-56-22-23-77-35-18-19-38-36(25-35)44(62)37(50(65)66)28-59(38)58(13)14/h18-19,25,28-34,39-40,42,45-49,52,56,63-64,68H,17,20-24,26-27H2,1-16H3,(H,65,66)/t29-,30-,31-,32+,33-,34+,39+,40-,42+,45-,46+,47-,48-,49+,52+,53-,54-,55-/m1/s1. The van der Waals surface area contributed by atoms with Crippen LogP contribution in [0.15, 0.2) is 34.1 Å². The second-order valence-corrected chi connectivity index (χ2v) is 23.7. The number of carbonyl (C=O) groups excluding carboxylic acids is 3. The van der Waals surface area contributed by atoms with Gasteiger partial charge in [0.25, 0.3) is 0 Å². The van der Waals surface area contributed by atoms with Crippen LogP contribution in [0.2, 0.25) is 0 Å². The first kappa shape index (κ1) is 64.0. The zero-order valence-electron chi connectivity index (χ0n) is 48.0. The Kier molecular flexibility index (Phi) is 22.2. The van der Waals surface area contributed by atoms with Gasteiger partial charge in [-0.1, -0.05) is 27.7 Å². The number of hydrogen-bond acceptors (Lipinski definition) is 20. The third-order valence-electron chi connectivity index (χ3n) is 16.2. The van der Waals surface area contributed by atoms with E-state index in [9.17, 15) is 44.4 Å². The molecule has 4 heterocycles. The van der Waals surface area contributed by atoms with Gasteiger partial charge in [0.15, 0.2) is 18.7 Å². The molecule has 21 nitrogen and oxygen atoms in total. The summed E-state index contributed by atoms with van der Waals surface area (Å²) in [5.74, 6) is -6.08. The Labute approximate surface area is 457 Å². The molecule has 2 aromatic rings. The summed E-state index contributed by atoms with van der Waals surface area (Å²) in [5.41, 5.74) is -4.84. The van der Waals surface area contributed by atoms with Crippen LogP contribution in [-0.4, -0.2) is 199 Å². The SMILES string of the molecule is CC[C@H]1OC(=O)[C@H](C)[C@@H](O[C@H]2C[C@@](C)(OC)[C@@H](OC(=O)CCNCCSc3ccc4c(c3)c(=O)c(C(=O)O)cn4N(C)C)[C@H](C)O2)[C@H](C)[C@@H](O[C@@H]2O[C@H](C)C[C@H](N(C)C)[C@H]2O)[C@](C)(OC)C[C@@H](C)C(=O)[C@@H](C)[C@@H](O)[C@]1(C)O. The summed E-state index contributed by atoms with van der Waals surface area (Å²) >= 11 is 1.47. The number of cyclic esters (lactones) is 1. The van der Waals surface area contributed by atoms with Gasteiger partial charge < -0.3 is 73.5 Å². The largest absolute Gasteiger partial charge is 0.477 e. The molecule has 3 aliphatic rings. The first-order valence-corrected chi connectivity index (χ1v) is 27.8. The summed E-state index contributed by atoms with van der Waals surface area (Å²) in [5, 5.41) is 50.1. The zero-order valence-corrected chi connectivity index (χ0v) is 48.8. The first-order chi connectivity index (χ1) is 36.0. The summed E-state index contributed by atoms with van der Waals surface area (Å²) in [6.07, 6.45) is -8.32. The summed E-state index contributed by atoms with van der Waals surface area (Å²) in [6, 6.07) is 5.00. The lowest BCUT2D eigenvalue weighted by Gasteiger charge is -2.50.